The van der Waals surface area contributed by atoms with Gasteiger partial charge in [0.25, 0.3) is 10.5 Å². The fourth-order valence-electron chi connectivity index (χ4n) is 5.20. The summed E-state index contributed by atoms with van der Waals surface area (Å²) >= 11 is 2.10. The first-order chi connectivity index (χ1) is 23.7. The second-order valence-electron chi connectivity index (χ2n) is 11.5. The van der Waals surface area contributed by atoms with E-state index in [1.807, 2.05) is 72.8 Å². The zero-order valence-electron chi connectivity index (χ0n) is 27.3. The zero-order valence-corrected chi connectivity index (χ0v) is 28.9. The number of rotatable bonds is 13. The van der Waals surface area contributed by atoms with E-state index >= 15 is 0 Å². The Hall–Kier alpha value is -4.74. The number of imide groups is 2. The highest BCUT2D eigenvalue weighted by molar-refractivity contribution is 8.15. The third kappa shape index (κ3) is 11.2. The molecule has 0 saturated carbocycles. The van der Waals surface area contributed by atoms with E-state index < -0.39 is 0 Å². The first kappa shape index (κ1) is 35.6. The lowest BCUT2D eigenvalue weighted by Gasteiger charge is -2.09. The molecule has 2 N–H and O–H groups in total. The quantitative estimate of drug-likeness (QED) is 0.157. The number of aryl methyl sites for hydroxylation is 1. The van der Waals surface area contributed by atoms with Crippen molar-refractivity contribution in [2.45, 2.75) is 43.1 Å². The highest BCUT2D eigenvalue weighted by Gasteiger charge is 2.32. The third-order valence-corrected chi connectivity index (χ3v) is 9.72. The van der Waals surface area contributed by atoms with Crippen LogP contribution in [0.1, 0.15) is 27.8 Å². The molecule has 9 nitrogen and oxygen atoms in total. The predicted octanol–water partition coefficient (Wildman–Crippen LogP) is 6.72. The number of nitrogens with one attached hydrogen (secondary N) is 2. The van der Waals surface area contributed by atoms with Crippen LogP contribution in [0.2, 0.25) is 0 Å². The molecule has 254 valence electrons. The van der Waals surface area contributed by atoms with E-state index in [2.05, 4.69) is 41.8 Å². The van der Waals surface area contributed by atoms with Gasteiger partial charge in [-0.2, -0.15) is 0 Å². The molecule has 6 rings (SSSR count). The van der Waals surface area contributed by atoms with Gasteiger partial charge in [-0.1, -0.05) is 89.8 Å². The SMILES string of the molecule is COc1cccc(CCOc2ccc(CC3SC(=O)NC3=O)cc2)c1.Cc1cccc(CCOc2ccc(CC3SC(=O)NC3=O)cc2)c1. The van der Waals surface area contributed by atoms with Gasteiger partial charge in [0.05, 0.1) is 30.8 Å². The Morgan fingerprint density at radius 3 is 1.47 bits per heavy atom. The van der Waals surface area contributed by atoms with Crippen molar-refractivity contribution < 1.29 is 33.4 Å². The summed E-state index contributed by atoms with van der Waals surface area (Å²) in [6, 6.07) is 31.7. The molecular formula is C38H38N2O7S2. The maximum Gasteiger partial charge on any atom is 0.286 e. The van der Waals surface area contributed by atoms with Crippen LogP contribution in [-0.4, -0.2) is 53.1 Å². The number of hydrogen-bond donors (Lipinski definition) is 2. The molecular weight excluding hydrogens is 661 g/mol. The Kier molecular flexibility index (Phi) is 12.8. The number of methoxy groups -OCH3 is 1. The molecule has 49 heavy (non-hydrogen) atoms. The lowest BCUT2D eigenvalue weighted by atomic mass is 10.1. The summed E-state index contributed by atoms with van der Waals surface area (Å²) in [6.45, 7) is 3.28. The van der Waals surface area contributed by atoms with Crippen molar-refractivity contribution >= 4 is 45.8 Å². The van der Waals surface area contributed by atoms with Crippen molar-refractivity contribution in [3.63, 3.8) is 0 Å². The van der Waals surface area contributed by atoms with Gasteiger partial charge in [0, 0.05) is 12.8 Å². The van der Waals surface area contributed by atoms with Crippen molar-refractivity contribution in [1.82, 2.24) is 10.6 Å². The van der Waals surface area contributed by atoms with E-state index in [9.17, 15) is 19.2 Å². The fourth-order valence-corrected chi connectivity index (χ4v) is 6.92. The van der Waals surface area contributed by atoms with Gasteiger partial charge in [-0.25, -0.2) is 0 Å². The van der Waals surface area contributed by atoms with Gasteiger partial charge in [-0.05, 0) is 78.4 Å². The Bertz CT molecular complexity index is 1760. The number of benzene rings is 4. The molecule has 11 heteroatoms. The Labute approximate surface area is 294 Å². The molecule has 2 fully saturated rings. The number of amides is 4. The third-order valence-electron chi connectivity index (χ3n) is 7.76. The van der Waals surface area contributed by atoms with Crippen LogP contribution in [0.4, 0.5) is 9.59 Å². The Morgan fingerprint density at radius 1 is 0.571 bits per heavy atom. The second kappa shape index (κ2) is 17.6. The van der Waals surface area contributed by atoms with Gasteiger partial charge in [0.15, 0.2) is 0 Å². The summed E-state index contributed by atoms with van der Waals surface area (Å²) in [5.74, 6) is 2.02. The van der Waals surface area contributed by atoms with Crippen LogP contribution in [0, 0.1) is 6.92 Å². The summed E-state index contributed by atoms with van der Waals surface area (Å²) in [5.41, 5.74) is 5.69. The number of carbonyl (C=O) groups excluding carboxylic acids is 4. The van der Waals surface area contributed by atoms with Crippen LogP contribution in [-0.2, 0) is 35.3 Å². The fraction of sp³-hybridized carbons (Fsp3) is 0.263. The minimum atomic E-state index is -0.340. The van der Waals surface area contributed by atoms with Gasteiger partial charge in [0.1, 0.15) is 17.2 Å². The monoisotopic (exact) mass is 698 g/mol. The molecule has 0 aliphatic carbocycles. The molecule has 2 unspecified atom stereocenters. The average Bonchev–Trinajstić information content (AvgIpc) is 3.59. The van der Waals surface area contributed by atoms with Crippen LogP contribution in [0.25, 0.3) is 0 Å². The van der Waals surface area contributed by atoms with E-state index in [1.165, 1.54) is 11.1 Å². The predicted molar refractivity (Wildman–Crippen MR) is 193 cm³/mol. The standard InChI is InChI=1S/C19H19NO4S.C19H19NO3S/c1-23-16-4-2-3-13(11-16)9-10-24-15-7-5-14(6-8-15)12-17-18(21)20-19(22)25-17;1-13-3-2-4-14(11-13)9-10-23-16-7-5-15(6-8-16)12-17-18(21)20-19(22)24-17/h2-8,11,17H,9-10,12H2,1H3,(H,20,21,22);2-8,11,17H,9-10,12H2,1H3,(H,20,21,22). The molecule has 2 saturated heterocycles. The molecule has 2 atom stereocenters. The normalized spacial score (nSPS) is 16.8. The molecule has 0 radical (unpaired) electrons. The summed E-state index contributed by atoms with van der Waals surface area (Å²) in [5, 5.41) is 3.41. The molecule has 2 aliphatic heterocycles. The highest BCUT2D eigenvalue weighted by Crippen LogP contribution is 2.25. The van der Waals surface area contributed by atoms with E-state index in [1.54, 1.807) is 7.11 Å². The van der Waals surface area contributed by atoms with Gasteiger partial charge in [-0.15, -0.1) is 0 Å². The molecule has 0 bridgehead atoms. The zero-order chi connectivity index (χ0) is 34.6. The van der Waals surface area contributed by atoms with Gasteiger partial charge < -0.3 is 14.2 Å². The van der Waals surface area contributed by atoms with Crippen LogP contribution < -0.4 is 24.8 Å². The Morgan fingerprint density at radius 2 is 1.04 bits per heavy atom. The first-order valence-corrected chi connectivity index (χ1v) is 17.6. The minimum Gasteiger partial charge on any atom is -0.497 e. The average molecular weight is 699 g/mol. The molecule has 2 heterocycles. The Balaban J connectivity index is 0.000000191. The summed E-state index contributed by atoms with van der Waals surface area (Å²) < 4.78 is 16.8. The number of hydrogen-bond acceptors (Lipinski definition) is 9. The minimum absolute atomic E-state index is 0.205. The number of thioether (sulfide) groups is 2. The first-order valence-electron chi connectivity index (χ1n) is 15.9. The topological polar surface area (TPSA) is 120 Å². The van der Waals surface area contributed by atoms with E-state index in [4.69, 9.17) is 14.2 Å². The second-order valence-corrected chi connectivity index (χ2v) is 13.9. The van der Waals surface area contributed by atoms with Crippen molar-refractivity contribution in [2.24, 2.45) is 0 Å². The molecule has 4 amide bonds. The van der Waals surface area contributed by atoms with E-state index in [0.717, 1.165) is 70.3 Å². The van der Waals surface area contributed by atoms with E-state index in [-0.39, 0.29) is 32.8 Å². The number of ether oxygens (including phenoxy) is 3. The van der Waals surface area contributed by atoms with Crippen LogP contribution in [0.15, 0.2) is 97.1 Å². The van der Waals surface area contributed by atoms with Crippen molar-refractivity contribution in [1.29, 1.82) is 0 Å². The van der Waals surface area contributed by atoms with E-state index in [0.29, 0.717) is 26.1 Å². The van der Waals surface area contributed by atoms with Crippen LogP contribution in [0.3, 0.4) is 0 Å². The molecule has 2 aliphatic rings. The molecule has 4 aromatic rings. The highest BCUT2D eigenvalue weighted by atomic mass is 32.2. The van der Waals surface area contributed by atoms with Gasteiger partial charge in [-0.3, -0.25) is 29.8 Å². The van der Waals surface area contributed by atoms with Crippen molar-refractivity contribution in [3.8, 4) is 17.2 Å². The van der Waals surface area contributed by atoms with Crippen LogP contribution in [0.5, 0.6) is 17.2 Å². The summed E-state index contributed by atoms with van der Waals surface area (Å²) in [4.78, 5) is 45.5. The molecule has 0 aromatic heterocycles. The lowest BCUT2D eigenvalue weighted by molar-refractivity contribution is -0.119. The number of carbonyl (C=O) groups is 4. The molecule has 0 spiro atoms. The van der Waals surface area contributed by atoms with Crippen LogP contribution >= 0.6 is 23.5 Å². The van der Waals surface area contributed by atoms with Crippen molar-refractivity contribution in [3.05, 3.63) is 125 Å². The summed E-state index contributed by atoms with van der Waals surface area (Å²) in [7, 11) is 1.65. The van der Waals surface area contributed by atoms with Gasteiger partial charge in [0.2, 0.25) is 11.8 Å². The maximum absolute atomic E-state index is 11.6. The van der Waals surface area contributed by atoms with Crippen molar-refractivity contribution in [2.75, 3.05) is 20.3 Å². The smallest absolute Gasteiger partial charge is 0.286 e. The maximum atomic E-state index is 11.6. The molecule has 4 aromatic carbocycles. The van der Waals surface area contributed by atoms with Gasteiger partial charge >= 0.3 is 0 Å². The summed E-state index contributed by atoms with van der Waals surface area (Å²) in [6.07, 6.45) is 2.74. The lowest BCUT2D eigenvalue weighted by Crippen LogP contribution is -2.25. The largest absolute Gasteiger partial charge is 0.497 e.